The Kier molecular flexibility index (Phi) is 7.59. The Labute approximate surface area is 127 Å². The van der Waals surface area contributed by atoms with Gasteiger partial charge in [0, 0.05) is 12.8 Å². The molecule has 0 heterocycles. The Morgan fingerprint density at radius 1 is 1.33 bits per heavy atom. The molecular formula is C19H22O2. The minimum absolute atomic E-state index is 0.161. The molecule has 1 aromatic carbocycles. The average Bonchev–Trinajstić information content (AvgIpc) is 2.47. The number of ether oxygens (including phenoxy) is 1. The van der Waals surface area contributed by atoms with Crippen molar-refractivity contribution < 1.29 is 9.53 Å². The number of rotatable bonds is 9. The Hall–Kier alpha value is -2.35. The summed E-state index contributed by atoms with van der Waals surface area (Å²) in [6, 6.07) is 7.83. The number of carbonyl (C=O) groups is 1. The zero-order valence-corrected chi connectivity index (χ0v) is 12.5. The summed E-state index contributed by atoms with van der Waals surface area (Å²) in [6.07, 6.45) is 10.0. The van der Waals surface area contributed by atoms with Crippen molar-refractivity contribution in [3.8, 4) is 0 Å². The van der Waals surface area contributed by atoms with Crippen LogP contribution in [0.1, 0.15) is 24.5 Å². The first-order valence-electron chi connectivity index (χ1n) is 6.98. The number of Topliss-reactive ketones (excluding diaryl/α,β-unsaturated/α-hetero) is 1. The van der Waals surface area contributed by atoms with Gasteiger partial charge >= 0.3 is 0 Å². The summed E-state index contributed by atoms with van der Waals surface area (Å²) in [6.45, 7) is 9.89. The molecule has 0 aliphatic rings. The number of ketones is 1. The number of carbonyl (C=O) groups excluding carboxylic acids is 1. The monoisotopic (exact) mass is 282 g/mol. The summed E-state index contributed by atoms with van der Waals surface area (Å²) in [5, 5.41) is 0. The fourth-order valence-electron chi connectivity index (χ4n) is 1.79. The smallest absolute Gasteiger partial charge is 0.141 e. The number of benzene rings is 1. The molecule has 110 valence electrons. The quantitative estimate of drug-likeness (QED) is 0.379. The van der Waals surface area contributed by atoms with Crippen LogP contribution in [0.25, 0.3) is 6.08 Å². The third kappa shape index (κ3) is 6.57. The zero-order chi connectivity index (χ0) is 15.5. The number of hydrogen-bond acceptors (Lipinski definition) is 2. The van der Waals surface area contributed by atoms with Gasteiger partial charge in [-0.15, -0.1) is 6.58 Å². The largest absolute Gasteiger partial charge is 0.490 e. The second-order valence-corrected chi connectivity index (χ2v) is 4.59. The lowest BCUT2D eigenvalue weighted by Crippen LogP contribution is -2.02. The van der Waals surface area contributed by atoms with Gasteiger partial charge in [-0.2, -0.15) is 0 Å². The molecule has 0 saturated heterocycles. The molecule has 0 fully saturated rings. The van der Waals surface area contributed by atoms with Gasteiger partial charge in [-0.05, 0) is 24.1 Å². The molecule has 0 bridgehead atoms. The highest BCUT2D eigenvalue weighted by molar-refractivity contribution is 5.83. The van der Waals surface area contributed by atoms with E-state index in [1.54, 1.807) is 6.08 Å². The standard InChI is InChI=1S/C19H22O2/c1-4-6-14-21-16(3)12-13-17-10-7-8-11-18(17)15-19(20)9-5-2/h4-8,10-13H,2-3,9,14-15H2,1H3/b6-4-,13-12-. The molecule has 0 aliphatic carbocycles. The first-order valence-corrected chi connectivity index (χ1v) is 6.98. The van der Waals surface area contributed by atoms with Gasteiger partial charge in [-0.3, -0.25) is 4.79 Å². The fourth-order valence-corrected chi connectivity index (χ4v) is 1.79. The van der Waals surface area contributed by atoms with Crippen molar-refractivity contribution in [1.82, 2.24) is 0 Å². The molecule has 21 heavy (non-hydrogen) atoms. The van der Waals surface area contributed by atoms with Gasteiger partial charge in [0.25, 0.3) is 0 Å². The predicted molar refractivity (Wildman–Crippen MR) is 88.9 cm³/mol. The molecule has 1 rings (SSSR count). The van der Waals surface area contributed by atoms with Gasteiger partial charge in [-0.25, -0.2) is 0 Å². The second kappa shape index (κ2) is 9.54. The normalized spacial score (nSPS) is 10.9. The van der Waals surface area contributed by atoms with Gasteiger partial charge < -0.3 is 4.74 Å². The minimum atomic E-state index is 0.161. The van der Waals surface area contributed by atoms with Crippen LogP contribution in [-0.4, -0.2) is 12.4 Å². The van der Waals surface area contributed by atoms with Crippen LogP contribution in [0.3, 0.4) is 0 Å². The minimum Gasteiger partial charge on any atom is -0.490 e. The Morgan fingerprint density at radius 3 is 2.81 bits per heavy atom. The first kappa shape index (κ1) is 16.7. The van der Waals surface area contributed by atoms with Crippen LogP contribution in [-0.2, 0) is 16.0 Å². The van der Waals surface area contributed by atoms with E-state index in [-0.39, 0.29) is 5.78 Å². The summed E-state index contributed by atoms with van der Waals surface area (Å²) in [4.78, 5) is 11.7. The molecular weight excluding hydrogens is 260 g/mol. The molecule has 0 aromatic heterocycles. The lowest BCUT2D eigenvalue weighted by Gasteiger charge is -2.05. The van der Waals surface area contributed by atoms with E-state index < -0.39 is 0 Å². The summed E-state index contributed by atoms with van der Waals surface area (Å²) >= 11 is 0. The highest BCUT2D eigenvalue weighted by atomic mass is 16.5. The fraction of sp³-hybridized carbons (Fsp3) is 0.211. The van der Waals surface area contributed by atoms with Crippen molar-refractivity contribution in [2.24, 2.45) is 0 Å². The van der Waals surface area contributed by atoms with Crippen molar-refractivity contribution in [1.29, 1.82) is 0 Å². The van der Waals surface area contributed by atoms with Gasteiger partial charge in [0.05, 0.1) is 0 Å². The Bertz CT molecular complexity index is 550. The maximum Gasteiger partial charge on any atom is 0.141 e. The van der Waals surface area contributed by atoms with E-state index in [9.17, 15) is 4.79 Å². The Morgan fingerprint density at radius 2 is 2.10 bits per heavy atom. The second-order valence-electron chi connectivity index (χ2n) is 4.59. The summed E-state index contributed by atoms with van der Waals surface area (Å²) in [5.74, 6) is 0.759. The number of allylic oxidation sites excluding steroid dienone is 3. The van der Waals surface area contributed by atoms with Crippen molar-refractivity contribution in [3.63, 3.8) is 0 Å². The lowest BCUT2D eigenvalue weighted by molar-refractivity contribution is -0.117. The van der Waals surface area contributed by atoms with Gasteiger partial charge in [0.1, 0.15) is 18.1 Å². The van der Waals surface area contributed by atoms with Crippen LogP contribution in [0, 0.1) is 0 Å². The molecule has 0 amide bonds. The molecule has 0 saturated carbocycles. The van der Waals surface area contributed by atoms with Gasteiger partial charge in [0.15, 0.2) is 0 Å². The number of hydrogen-bond donors (Lipinski definition) is 0. The van der Waals surface area contributed by atoms with E-state index in [0.717, 1.165) is 11.1 Å². The summed E-state index contributed by atoms with van der Waals surface area (Å²) in [5.41, 5.74) is 2.01. The third-order valence-corrected chi connectivity index (χ3v) is 2.86. The Balaban J connectivity index is 2.72. The molecule has 0 atom stereocenters. The highest BCUT2D eigenvalue weighted by Gasteiger charge is 2.04. The van der Waals surface area contributed by atoms with Crippen LogP contribution in [0.15, 0.2) is 67.5 Å². The molecule has 0 unspecified atom stereocenters. The van der Waals surface area contributed by atoms with E-state index in [0.29, 0.717) is 25.2 Å². The third-order valence-electron chi connectivity index (χ3n) is 2.86. The summed E-state index contributed by atoms with van der Waals surface area (Å²) in [7, 11) is 0. The molecule has 0 spiro atoms. The molecule has 2 nitrogen and oxygen atoms in total. The maximum absolute atomic E-state index is 11.7. The van der Waals surface area contributed by atoms with Crippen LogP contribution in [0.5, 0.6) is 0 Å². The van der Waals surface area contributed by atoms with Crippen LogP contribution >= 0.6 is 0 Å². The summed E-state index contributed by atoms with van der Waals surface area (Å²) < 4.78 is 5.42. The average molecular weight is 282 g/mol. The van der Waals surface area contributed by atoms with E-state index in [1.165, 1.54) is 0 Å². The molecule has 1 aromatic rings. The van der Waals surface area contributed by atoms with Crippen molar-refractivity contribution in [2.45, 2.75) is 19.8 Å². The van der Waals surface area contributed by atoms with E-state index >= 15 is 0 Å². The molecule has 0 N–H and O–H groups in total. The van der Waals surface area contributed by atoms with Crippen LogP contribution < -0.4 is 0 Å². The van der Waals surface area contributed by atoms with Crippen LogP contribution in [0.2, 0.25) is 0 Å². The SMILES string of the molecule is C=CCC(=O)Cc1ccccc1/C=C\C(=C)OC/C=C\C. The molecule has 2 heteroatoms. The highest BCUT2D eigenvalue weighted by Crippen LogP contribution is 2.14. The van der Waals surface area contributed by atoms with Crippen molar-refractivity contribution >= 4 is 11.9 Å². The predicted octanol–water partition coefficient (Wildman–Crippen LogP) is 4.49. The molecule has 0 aliphatic heterocycles. The van der Waals surface area contributed by atoms with Crippen molar-refractivity contribution in [2.75, 3.05) is 6.61 Å². The van der Waals surface area contributed by atoms with E-state index in [2.05, 4.69) is 13.2 Å². The molecule has 0 radical (unpaired) electrons. The topological polar surface area (TPSA) is 26.3 Å². The zero-order valence-electron chi connectivity index (χ0n) is 12.5. The van der Waals surface area contributed by atoms with E-state index in [1.807, 2.05) is 55.5 Å². The van der Waals surface area contributed by atoms with E-state index in [4.69, 9.17) is 4.74 Å². The van der Waals surface area contributed by atoms with Gasteiger partial charge in [0.2, 0.25) is 0 Å². The maximum atomic E-state index is 11.7. The van der Waals surface area contributed by atoms with Crippen molar-refractivity contribution in [3.05, 3.63) is 78.6 Å². The first-order chi connectivity index (χ1) is 10.2. The van der Waals surface area contributed by atoms with Gasteiger partial charge in [-0.1, -0.05) is 55.1 Å². The lowest BCUT2D eigenvalue weighted by atomic mass is 10.0. The van der Waals surface area contributed by atoms with Crippen LogP contribution in [0.4, 0.5) is 0 Å².